The van der Waals surface area contributed by atoms with Crippen molar-refractivity contribution >= 4 is 17.7 Å². The molecule has 13 heteroatoms. The van der Waals surface area contributed by atoms with E-state index in [0.29, 0.717) is 11.6 Å². The van der Waals surface area contributed by atoms with Crippen molar-refractivity contribution in [1.82, 2.24) is 9.80 Å². The molecule has 0 bridgehead atoms. The minimum Gasteiger partial charge on any atom is -0.381 e. The Morgan fingerprint density at radius 3 is 2.14 bits per heavy atom. The van der Waals surface area contributed by atoms with E-state index in [2.05, 4.69) is 13.8 Å². The van der Waals surface area contributed by atoms with Gasteiger partial charge in [0.15, 0.2) is 0 Å². The molecule has 0 radical (unpaired) electrons. The van der Waals surface area contributed by atoms with Gasteiger partial charge in [0.25, 0.3) is 0 Å². The van der Waals surface area contributed by atoms with E-state index in [9.17, 15) is 40.7 Å². The highest BCUT2D eigenvalue weighted by atomic mass is 19.4. The van der Waals surface area contributed by atoms with Crippen LogP contribution in [0.4, 0.5) is 26.3 Å². The van der Waals surface area contributed by atoms with Gasteiger partial charge in [-0.05, 0) is 61.8 Å². The van der Waals surface area contributed by atoms with Crippen LogP contribution in [0.25, 0.3) is 0 Å². The Bertz CT molecular complexity index is 1120. The number of carbonyl (C=O) groups excluding carboxylic acids is 3. The predicted octanol–water partition coefficient (Wildman–Crippen LogP) is 5.62. The molecule has 3 aliphatic rings. The third kappa shape index (κ3) is 8.17. The minimum absolute atomic E-state index is 0.0382. The Morgan fingerprint density at radius 2 is 1.62 bits per heavy atom. The van der Waals surface area contributed by atoms with E-state index in [4.69, 9.17) is 10.5 Å². The van der Waals surface area contributed by atoms with Crippen LogP contribution < -0.4 is 5.73 Å². The Kier molecular flexibility index (Phi) is 11.3. The number of nitrogens with zero attached hydrogens (tertiary/aromatic N) is 2. The molecule has 1 aromatic carbocycles. The van der Waals surface area contributed by atoms with Gasteiger partial charge in [0.2, 0.25) is 11.8 Å². The van der Waals surface area contributed by atoms with Gasteiger partial charge in [0.1, 0.15) is 0 Å². The molecule has 2 N–H and O–H groups in total. The Morgan fingerprint density at radius 1 is 0.976 bits per heavy atom. The minimum atomic E-state index is -5.05. The highest BCUT2D eigenvalue weighted by molar-refractivity contribution is 5.95. The number of carbonyl (C=O) groups is 3. The topological polar surface area (TPSA) is 92.9 Å². The molecule has 7 nitrogen and oxygen atoms in total. The van der Waals surface area contributed by atoms with Crippen LogP contribution in [0, 0.1) is 5.92 Å². The molecule has 2 atom stereocenters. The van der Waals surface area contributed by atoms with Crippen molar-refractivity contribution < 1.29 is 45.5 Å². The van der Waals surface area contributed by atoms with Crippen LogP contribution in [-0.2, 0) is 33.5 Å². The van der Waals surface area contributed by atoms with Crippen molar-refractivity contribution in [3.8, 4) is 0 Å². The van der Waals surface area contributed by atoms with E-state index in [1.54, 1.807) is 0 Å². The average Bonchev–Trinajstić information content (AvgIpc) is 3.41. The molecule has 3 amide bonds. The predicted molar refractivity (Wildman–Crippen MR) is 142 cm³/mol. The largest absolute Gasteiger partial charge is 0.471 e. The zero-order chi connectivity index (χ0) is 31.2. The maximum atomic E-state index is 13.4. The highest BCUT2D eigenvalue weighted by Gasteiger charge is 2.49. The summed E-state index contributed by atoms with van der Waals surface area (Å²) in [6.45, 7) is 4.85. The van der Waals surface area contributed by atoms with Crippen molar-refractivity contribution in [1.29, 1.82) is 0 Å². The molecule has 1 aliphatic carbocycles. The molecular weight excluding hydrogens is 568 g/mol. The molecule has 2 fully saturated rings. The van der Waals surface area contributed by atoms with Crippen LogP contribution in [0.2, 0.25) is 0 Å². The molecule has 1 saturated carbocycles. The maximum Gasteiger partial charge on any atom is 0.471 e. The first kappa shape index (κ1) is 33.7. The van der Waals surface area contributed by atoms with Gasteiger partial charge in [-0.1, -0.05) is 33.1 Å². The van der Waals surface area contributed by atoms with Crippen LogP contribution in [-0.4, -0.2) is 65.5 Å². The van der Waals surface area contributed by atoms with Gasteiger partial charge in [-0.15, -0.1) is 0 Å². The summed E-state index contributed by atoms with van der Waals surface area (Å²) < 4.78 is 85.5. The van der Waals surface area contributed by atoms with Gasteiger partial charge >= 0.3 is 18.3 Å². The normalized spacial score (nSPS) is 21.3. The van der Waals surface area contributed by atoms with Crippen molar-refractivity contribution in [2.75, 3.05) is 19.8 Å². The number of benzene rings is 1. The summed E-state index contributed by atoms with van der Waals surface area (Å²) in [7, 11) is 0. The third-order valence-electron chi connectivity index (χ3n) is 8.16. The number of hydrogen-bond acceptors (Lipinski definition) is 4. The Hall–Kier alpha value is -2.83. The first-order valence-electron chi connectivity index (χ1n) is 14.5. The van der Waals surface area contributed by atoms with E-state index in [1.807, 2.05) is 0 Å². The van der Waals surface area contributed by atoms with Gasteiger partial charge in [0, 0.05) is 49.9 Å². The number of alkyl halides is 6. The molecule has 0 aromatic heterocycles. The van der Waals surface area contributed by atoms with Gasteiger partial charge in [-0.25, -0.2) is 0 Å². The monoisotopic (exact) mass is 607 g/mol. The number of hydrogen-bond donors (Lipinski definition) is 1. The average molecular weight is 608 g/mol. The summed E-state index contributed by atoms with van der Waals surface area (Å²) in [4.78, 5) is 39.6. The molecule has 4 rings (SSSR count). The number of ether oxygens (including phenoxy) is 1. The Balaban J connectivity index is 0.000000892. The summed E-state index contributed by atoms with van der Waals surface area (Å²) in [6.07, 6.45) is -4.53. The lowest BCUT2D eigenvalue weighted by atomic mass is 9.90. The lowest BCUT2D eigenvalue weighted by Gasteiger charge is -2.39. The first-order valence-corrected chi connectivity index (χ1v) is 14.5. The second-order valence-corrected chi connectivity index (χ2v) is 11.1. The number of amides is 3. The van der Waals surface area contributed by atoms with Crippen molar-refractivity contribution in [2.45, 2.75) is 103 Å². The van der Waals surface area contributed by atoms with Crippen LogP contribution in [0.15, 0.2) is 12.1 Å². The SMILES string of the molecule is CCCCC.NC(=O)c1cc(C(F)(F)F)cc2c1CCN(C(=O)C1CCC(N(C(=O)C(F)(F)F)C3CCOCC3)C1)C2. The first-order chi connectivity index (χ1) is 19.7. The Labute approximate surface area is 241 Å². The molecule has 1 saturated heterocycles. The summed E-state index contributed by atoms with van der Waals surface area (Å²) in [5, 5.41) is 0. The molecule has 0 spiro atoms. The fourth-order valence-electron chi connectivity index (χ4n) is 6.06. The molecule has 236 valence electrons. The lowest BCUT2D eigenvalue weighted by Crippen LogP contribution is -2.53. The van der Waals surface area contributed by atoms with E-state index in [1.165, 1.54) is 24.2 Å². The third-order valence-corrected chi connectivity index (χ3v) is 8.16. The van der Waals surface area contributed by atoms with Crippen LogP contribution in [0.3, 0.4) is 0 Å². The maximum absolute atomic E-state index is 13.4. The van der Waals surface area contributed by atoms with Crippen molar-refractivity contribution in [3.05, 3.63) is 34.4 Å². The zero-order valence-electron chi connectivity index (χ0n) is 24.0. The molecular formula is C29H39F6N3O4. The molecule has 2 aliphatic heterocycles. The fourth-order valence-corrected chi connectivity index (χ4v) is 6.06. The summed E-state index contributed by atoms with van der Waals surface area (Å²) in [6, 6.07) is 0.189. The summed E-state index contributed by atoms with van der Waals surface area (Å²) >= 11 is 0. The number of primary amides is 1. The van der Waals surface area contributed by atoms with E-state index < -0.39 is 53.6 Å². The number of nitrogens with two attached hydrogens (primary N) is 1. The highest BCUT2D eigenvalue weighted by Crippen LogP contribution is 2.38. The fraction of sp³-hybridized carbons (Fsp3) is 0.690. The summed E-state index contributed by atoms with van der Waals surface area (Å²) in [5.41, 5.74) is 4.53. The standard InChI is InChI=1S/C24H27F6N3O4.C5H12/c25-23(26,27)15-9-14-12-32(6-3-18(14)19(11-15)20(31)34)21(35)13-1-2-17(10-13)33(22(36)24(28,29)30)16-4-7-37-8-5-16;1-3-5-4-2/h9,11,13,16-17H,1-8,10,12H2,(H2,31,34);3-5H2,1-2H3. The van der Waals surface area contributed by atoms with Crippen LogP contribution in [0.5, 0.6) is 0 Å². The number of rotatable bonds is 6. The van der Waals surface area contributed by atoms with Gasteiger partial charge in [0.05, 0.1) is 5.56 Å². The molecule has 2 unspecified atom stereocenters. The quantitative estimate of drug-likeness (QED) is 0.425. The van der Waals surface area contributed by atoms with Gasteiger partial charge in [-0.2, -0.15) is 26.3 Å². The summed E-state index contributed by atoms with van der Waals surface area (Å²) in [5.74, 6) is -3.99. The van der Waals surface area contributed by atoms with E-state index in [0.717, 1.165) is 11.0 Å². The van der Waals surface area contributed by atoms with Gasteiger partial charge in [-0.3, -0.25) is 14.4 Å². The second-order valence-electron chi connectivity index (χ2n) is 11.1. The van der Waals surface area contributed by atoms with Gasteiger partial charge < -0.3 is 20.3 Å². The molecule has 1 aromatic rings. The number of fused-ring (bicyclic) bond motifs is 1. The van der Waals surface area contributed by atoms with Crippen LogP contribution >= 0.6 is 0 Å². The molecule has 42 heavy (non-hydrogen) atoms. The number of unbranched alkanes of at least 4 members (excludes halogenated alkanes) is 2. The number of halogens is 6. The second kappa shape index (κ2) is 14.1. The van der Waals surface area contributed by atoms with Crippen molar-refractivity contribution in [3.63, 3.8) is 0 Å². The zero-order valence-corrected chi connectivity index (χ0v) is 24.0. The van der Waals surface area contributed by atoms with Crippen LogP contribution in [0.1, 0.15) is 92.3 Å². The lowest BCUT2D eigenvalue weighted by molar-refractivity contribution is -0.192. The smallest absolute Gasteiger partial charge is 0.381 e. The van der Waals surface area contributed by atoms with E-state index >= 15 is 0 Å². The van der Waals surface area contributed by atoms with Crippen molar-refractivity contribution in [2.24, 2.45) is 11.7 Å². The molecule has 2 heterocycles. The van der Waals surface area contributed by atoms with E-state index in [-0.39, 0.29) is 76.0 Å².